The van der Waals surface area contributed by atoms with Crippen LogP contribution < -0.4 is 10.9 Å². The van der Waals surface area contributed by atoms with Crippen molar-refractivity contribution >= 4 is 11.7 Å². The van der Waals surface area contributed by atoms with E-state index in [1.165, 1.54) is 0 Å². The van der Waals surface area contributed by atoms with Crippen LogP contribution in [0.25, 0.3) is 0 Å². The van der Waals surface area contributed by atoms with E-state index in [4.69, 9.17) is 0 Å². The number of nitrogens with zero attached hydrogens (tertiary/aromatic N) is 1. The van der Waals surface area contributed by atoms with Crippen LogP contribution in [0.2, 0.25) is 0 Å². The van der Waals surface area contributed by atoms with E-state index < -0.39 is 0 Å². The third kappa shape index (κ3) is 3.55. The Morgan fingerprint density at radius 2 is 1.89 bits per heavy atom. The third-order valence-electron chi connectivity index (χ3n) is 2.91. The standard InChI is InChI=1S/C15H17N3O/c1-2-13(12-8-4-3-5-9-12)15(19)18-17-14-10-6-7-11-16-14/h3-11,13H,2H2,1H3,(H,16,17)(H,18,19). The fourth-order valence-corrected chi connectivity index (χ4v) is 1.91. The largest absolute Gasteiger partial charge is 0.282 e. The predicted molar refractivity (Wildman–Crippen MR) is 75.5 cm³/mol. The second-order valence-electron chi connectivity index (χ2n) is 4.20. The number of carbonyl (C=O) groups excluding carboxylic acids is 1. The molecule has 0 aliphatic rings. The first-order chi connectivity index (χ1) is 9.31. The molecule has 19 heavy (non-hydrogen) atoms. The quantitative estimate of drug-likeness (QED) is 0.808. The van der Waals surface area contributed by atoms with Gasteiger partial charge in [0.25, 0.3) is 0 Å². The molecular weight excluding hydrogens is 238 g/mol. The number of pyridine rings is 1. The second kappa shape index (κ2) is 6.54. The molecule has 2 aromatic rings. The maximum Gasteiger partial charge on any atom is 0.245 e. The van der Waals surface area contributed by atoms with Gasteiger partial charge >= 0.3 is 0 Å². The molecule has 0 saturated heterocycles. The minimum atomic E-state index is -0.155. The Kier molecular flexibility index (Phi) is 4.50. The number of aromatic nitrogens is 1. The molecule has 98 valence electrons. The lowest BCUT2D eigenvalue weighted by molar-refractivity contribution is -0.122. The fourth-order valence-electron chi connectivity index (χ4n) is 1.91. The summed E-state index contributed by atoms with van der Waals surface area (Å²) >= 11 is 0. The Morgan fingerprint density at radius 1 is 1.16 bits per heavy atom. The van der Waals surface area contributed by atoms with E-state index in [0.717, 1.165) is 12.0 Å². The lowest BCUT2D eigenvalue weighted by atomic mass is 9.96. The Morgan fingerprint density at radius 3 is 2.53 bits per heavy atom. The summed E-state index contributed by atoms with van der Waals surface area (Å²) in [6.07, 6.45) is 2.42. The molecule has 0 spiro atoms. The van der Waals surface area contributed by atoms with Crippen molar-refractivity contribution in [1.82, 2.24) is 10.4 Å². The van der Waals surface area contributed by atoms with Crippen LogP contribution >= 0.6 is 0 Å². The van der Waals surface area contributed by atoms with Gasteiger partial charge in [0, 0.05) is 6.20 Å². The molecule has 0 bridgehead atoms. The first-order valence-electron chi connectivity index (χ1n) is 6.33. The summed E-state index contributed by atoms with van der Waals surface area (Å²) in [4.78, 5) is 16.2. The van der Waals surface area contributed by atoms with Gasteiger partial charge in [-0.3, -0.25) is 15.6 Å². The van der Waals surface area contributed by atoms with Crippen molar-refractivity contribution in [2.75, 3.05) is 5.43 Å². The van der Waals surface area contributed by atoms with Gasteiger partial charge in [-0.1, -0.05) is 43.3 Å². The Bertz CT molecular complexity index is 513. The summed E-state index contributed by atoms with van der Waals surface area (Å²) in [7, 11) is 0. The fraction of sp³-hybridized carbons (Fsp3) is 0.200. The topological polar surface area (TPSA) is 54.0 Å². The van der Waals surface area contributed by atoms with Gasteiger partial charge in [-0.2, -0.15) is 0 Å². The molecule has 1 heterocycles. The van der Waals surface area contributed by atoms with E-state index in [2.05, 4.69) is 15.8 Å². The normalized spacial score (nSPS) is 11.6. The average Bonchev–Trinajstić information content (AvgIpc) is 2.48. The summed E-state index contributed by atoms with van der Waals surface area (Å²) in [5, 5.41) is 0. The van der Waals surface area contributed by atoms with Crippen LogP contribution in [-0.4, -0.2) is 10.9 Å². The molecular formula is C15H17N3O. The number of hydrogen-bond donors (Lipinski definition) is 2. The predicted octanol–water partition coefficient (Wildman–Crippen LogP) is 2.72. The Hall–Kier alpha value is -2.36. The smallest absolute Gasteiger partial charge is 0.245 e. The first-order valence-corrected chi connectivity index (χ1v) is 6.33. The van der Waals surface area contributed by atoms with Crippen molar-refractivity contribution in [3.63, 3.8) is 0 Å². The molecule has 1 aromatic carbocycles. The Labute approximate surface area is 112 Å². The molecule has 2 rings (SSSR count). The van der Waals surface area contributed by atoms with Gasteiger partial charge in [0.05, 0.1) is 5.92 Å². The van der Waals surface area contributed by atoms with Crippen molar-refractivity contribution in [2.45, 2.75) is 19.3 Å². The molecule has 0 fully saturated rings. The highest BCUT2D eigenvalue weighted by Crippen LogP contribution is 2.19. The third-order valence-corrected chi connectivity index (χ3v) is 2.91. The number of hydrazine groups is 1. The highest BCUT2D eigenvalue weighted by Gasteiger charge is 2.17. The van der Waals surface area contributed by atoms with Crippen molar-refractivity contribution in [3.05, 3.63) is 60.3 Å². The van der Waals surface area contributed by atoms with E-state index in [1.54, 1.807) is 12.3 Å². The van der Waals surface area contributed by atoms with Crippen LogP contribution in [0.4, 0.5) is 5.82 Å². The number of anilines is 1. The summed E-state index contributed by atoms with van der Waals surface area (Å²) in [6, 6.07) is 15.2. The molecule has 1 atom stereocenters. The van der Waals surface area contributed by atoms with E-state index in [1.807, 2.05) is 49.4 Å². The number of hydrogen-bond acceptors (Lipinski definition) is 3. The van der Waals surface area contributed by atoms with E-state index in [9.17, 15) is 4.79 Å². The van der Waals surface area contributed by atoms with Crippen molar-refractivity contribution in [2.24, 2.45) is 0 Å². The molecule has 0 aliphatic carbocycles. The van der Waals surface area contributed by atoms with Crippen LogP contribution in [0.5, 0.6) is 0 Å². The Balaban J connectivity index is 1.98. The van der Waals surface area contributed by atoms with Crippen molar-refractivity contribution in [1.29, 1.82) is 0 Å². The monoisotopic (exact) mass is 255 g/mol. The SMILES string of the molecule is CCC(C(=O)NNc1ccccn1)c1ccccc1. The number of carbonyl (C=O) groups is 1. The zero-order chi connectivity index (χ0) is 13.5. The molecule has 0 aliphatic heterocycles. The highest BCUT2D eigenvalue weighted by molar-refractivity contribution is 5.84. The summed E-state index contributed by atoms with van der Waals surface area (Å²) < 4.78 is 0. The number of amides is 1. The van der Waals surface area contributed by atoms with Crippen molar-refractivity contribution in [3.8, 4) is 0 Å². The number of nitrogens with one attached hydrogen (secondary N) is 2. The van der Waals surface area contributed by atoms with Gasteiger partial charge in [0.15, 0.2) is 0 Å². The van der Waals surface area contributed by atoms with Crippen molar-refractivity contribution < 1.29 is 4.79 Å². The molecule has 2 N–H and O–H groups in total. The minimum Gasteiger partial charge on any atom is -0.282 e. The lowest BCUT2D eigenvalue weighted by Crippen LogP contribution is -2.34. The zero-order valence-electron chi connectivity index (χ0n) is 10.8. The van der Waals surface area contributed by atoms with Gasteiger partial charge in [0.1, 0.15) is 5.82 Å². The molecule has 4 nitrogen and oxygen atoms in total. The molecule has 1 unspecified atom stereocenters. The van der Waals surface area contributed by atoms with Gasteiger partial charge in [0.2, 0.25) is 5.91 Å². The first kappa shape index (κ1) is 13.1. The second-order valence-corrected chi connectivity index (χ2v) is 4.20. The molecule has 1 aromatic heterocycles. The van der Waals surface area contributed by atoms with E-state index in [0.29, 0.717) is 5.82 Å². The van der Waals surface area contributed by atoms with Crippen LogP contribution in [0.15, 0.2) is 54.7 Å². The van der Waals surface area contributed by atoms with Crippen LogP contribution in [0.1, 0.15) is 24.8 Å². The molecule has 1 amide bonds. The highest BCUT2D eigenvalue weighted by atomic mass is 16.2. The molecule has 0 saturated carbocycles. The molecule has 0 radical (unpaired) electrons. The summed E-state index contributed by atoms with van der Waals surface area (Å²) in [5.41, 5.74) is 6.53. The maximum atomic E-state index is 12.1. The number of rotatable bonds is 5. The van der Waals surface area contributed by atoms with Gasteiger partial charge < -0.3 is 0 Å². The van der Waals surface area contributed by atoms with E-state index in [-0.39, 0.29) is 11.8 Å². The zero-order valence-corrected chi connectivity index (χ0v) is 10.8. The van der Waals surface area contributed by atoms with Gasteiger partial charge in [-0.25, -0.2) is 4.98 Å². The van der Waals surface area contributed by atoms with E-state index >= 15 is 0 Å². The molecule has 4 heteroatoms. The average molecular weight is 255 g/mol. The summed E-state index contributed by atoms with van der Waals surface area (Å²) in [6.45, 7) is 2.00. The summed E-state index contributed by atoms with van der Waals surface area (Å²) in [5.74, 6) is 0.413. The van der Waals surface area contributed by atoms with Crippen LogP contribution in [-0.2, 0) is 4.79 Å². The number of benzene rings is 1. The van der Waals surface area contributed by atoms with Crippen LogP contribution in [0, 0.1) is 0 Å². The van der Waals surface area contributed by atoms with Gasteiger partial charge in [-0.15, -0.1) is 0 Å². The van der Waals surface area contributed by atoms with Crippen LogP contribution in [0.3, 0.4) is 0 Å². The maximum absolute atomic E-state index is 12.1. The lowest BCUT2D eigenvalue weighted by Gasteiger charge is -2.16. The minimum absolute atomic E-state index is 0.0562. The van der Waals surface area contributed by atoms with Gasteiger partial charge in [-0.05, 0) is 24.1 Å².